The molecule has 58 heavy (non-hydrogen) atoms. The SMILES string of the molecule is COc1ccc(C(OC[C@H]2O[C@@H](n3cc(CCc4ccccc4)c(=O)[nH]c3=O)C[C@@H]2OC(=O)c2ccc(CCO)cc2)(c2ccccc2)c2ccc(OC)cc2)cc1. The van der Waals surface area contributed by atoms with Crippen molar-refractivity contribution in [2.24, 2.45) is 0 Å². The molecule has 1 aliphatic heterocycles. The number of aromatic amines is 1. The molecule has 1 aliphatic rings. The van der Waals surface area contributed by atoms with Gasteiger partial charge in [0.05, 0.1) is 26.4 Å². The van der Waals surface area contributed by atoms with Gasteiger partial charge < -0.3 is 28.8 Å². The molecule has 298 valence electrons. The van der Waals surface area contributed by atoms with Crippen LogP contribution in [0.25, 0.3) is 0 Å². The van der Waals surface area contributed by atoms with Crippen molar-refractivity contribution in [1.82, 2.24) is 9.55 Å². The molecule has 1 aromatic heterocycles. The highest BCUT2D eigenvalue weighted by Crippen LogP contribution is 2.43. The van der Waals surface area contributed by atoms with Crippen molar-refractivity contribution >= 4 is 5.97 Å². The number of aromatic nitrogens is 2. The first-order valence-electron chi connectivity index (χ1n) is 19.2. The van der Waals surface area contributed by atoms with E-state index < -0.39 is 41.3 Å². The van der Waals surface area contributed by atoms with Crippen molar-refractivity contribution in [2.45, 2.75) is 49.7 Å². The van der Waals surface area contributed by atoms with E-state index in [1.807, 2.05) is 109 Å². The number of nitrogens with one attached hydrogen (secondary N) is 1. The normalized spacial score (nSPS) is 16.5. The highest BCUT2D eigenvalue weighted by Gasteiger charge is 2.44. The van der Waals surface area contributed by atoms with Crippen molar-refractivity contribution in [3.63, 3.8) is 0 Å². The summed E-state index contributed by atoms with van der Waals surface area (Å²) in [6, 6.07) is 41.7. The number of ether oxygens (including phenoxy) is 5. The molecule has 5 aromatic carbocycles. The molecule has 0 spiro atoms. The highest BCUT2D eigenvalue weighted by atomic mass is 16.6. The zero-order valence-electron chi connectivity index (χ0n) is 32.4. The molecule has 11 heteroatoms. The van der Waals surface area contributed by atoms with Crippen molar-refractivity contribution in [2.75, 3.05) is 27.4 Å². The third kappa shape index (κ3) is 8.82. The van der Waals surface area contributed by atoms with E-state index in [0.717, 1.165) is 27.8 Å². The Labute approximate surface area is 336 Å². The average molecular weight is 783 g/mol. The minimum absolute atomic E-state index is 0.0120. The fourth-order valence-electron chi connectivity index (χ4n) is 7.41. The number of benzene rings is 5. The molecule has 0 amide bonds. The van der Waals surface area contributed by atoms with Gasteiger partial charge in [-0.25, -0.2) is 9.59 Å². The van der Waals surface area contributed by atoms with E-state index in [-0.39, 0.29) is 19.6 Å². The molecule has 7 rings (SSSR count). The van der Waals surface area contributed by atoms with E-state index in [9.17, 15) is 19.5 Å². The van der Waals surface area contributed by atoms with Gasteiger partial charge in [0.25, 0.3) is 5.56 Å². The molecule has 0 aliphatic carbocycles. The lowest BCUT2D eigenvalue weighted by atomic mass is 9.80. The van der Waals surface area contributed by atoms with Crippen molar-refractivity contribution in [3.8, 4) is 11.5 Å². The Hall–Kier alpha value is -6.27. The zero-order chi connectivity index (χ0) is 40.5. The Morgan fingerprint density at radius 2 is 1.31 bits per heavy atom. The number of carbonyl (C=O) groups is 1. The van der Waals surface area contributed by atoms with Crippen LogP contribution in [-0.4, -0.2) is 60.3 Å². The van der Waals surface area contributed by atoms with Crippen LogP contribution >= 0.6 is 0 Å². The number of aliphatic hydroxyl groups is 1. The summed E-state index contributed by atoms with van der Waals surface area (Å²) in [5.74, 6) is 0.772. The molecule has 3 atom stereocenters. The van der Waals surface area contributed by atoms with Gasteiger partial charge in [0, 0.05) is 24.8 Å². The standard InChI is InChI=1S/C47H46N2O9/c1-54-39-23-19-37(20-24-39)47(36-11-7-4-8-12-36,38-21-25-40(55-2)26-22-38)56-31-42-41(58-45(52)34-16-13-33(14-17-34)27-28-50)29-43(57-42)49-30-35(44(51)48-46(49)53)18-15-32-9-5-3-6-10-32/h3-14,16-17,19-26,30,41-43,50H,15,18,27-29,31H2,1-2H3,(H,48,51,53)/t41-,42+,43+/m0/s1. The van der Waals surface area contributed by atoms with Gasteiger partial charge in [-0.3, -0.25) is 14.3 Å². The largest absolute Gasteiger partial charge is 0.497 e. The fourth-order valence-corrected chi connectivity index (χ4v) is 7.41. The third-order valence-electron chi connectivity index (χ3n) is 10.5. The van der Waals surface area contributed by atoms with Gasteiger partial charge in [0.2, 0.25) is 0 Å². The molecule has 1 saturated heterocycles. The second-order valence-corrected chi connectivity index (χ2v) is 14.1. The minimum Gasteiger partial charge on any atom is -0.497 e. The first-order valence-corrected chi connectivity index (χ1v) is 19.2. The van der Waals surface area contributed by atoms with Crippen LogP contribution in [0.5, 0.6) is 11.5 Å². The first-order chi connectivity index (χ1) is 28.3. The molecule has 0 radical (unpaired) electrons. The molecular formula is C47H46N2O9. The summed E-state index contributed by atoms with van der Waals surface area (Å²) in [6.07, 6.45) is 0.489. The Bertz CT molecular complexity index is 2330. The number of carbonyl (C=O) groups excluding carboxylic acids is 1. The van der Waals surface area contributed by atoms with Gasteiger partial charge >= 0.3 is 11.7 Å². The molecular weight excluding hydrogens is 737 g/mol. The Morgan fingerprint density at radius 3 is 1.90 bits per heavy atom. The van der Waals surface area contributed by atoms with E-state index in [4.69, 9.17) is 23.7 Å². The van der Waals surface area contributed by atoms with Crippen LogP contribution in [0.4, 0.5) is 0 Å². The monoisotopic (exact) mass is 782 g/mol. The van der Waals surface area contributed by atoms with Crippen LogP contribution in [0.3, 0.4) is 0 Å². The predicted molar refractivity (Wildman–Crippen MR) is 218 cm³/mol. The lowest BCUT2D eigenvalue weighted by molar-refractivity contribution is -0.0967. The number of methoxy groups -OCH3 is 2. The summed E-state index contributed by atoms with van der Waals surface area (Å²) in [5.41, 5.74) is 2.81. The van der Waals surface area contributed by atoms with Gasteiger partial charge in [-0.1, -0.05) is 97.1 Å². The number of esters is 1. The Morgan fingerprint density at radius 1 is 0.741 bits per heavy atom. The van der Waals surface area contributed by atoms with Crippen LogP contribution in [0.2, 0.25) is 0 Å². The quantitative estimate of drug-likeness (QED) is 0.0845. The molecule has 2 N–H and O–H groups in total. The van der Waals surface area contributed by atoms with Gasteiger partial charge in [0.1, 0.15) is 35.5 Å². The fraction of sp³-hybridized carbons (Fsp3) is 0.255. The smallest absolute Gasteiger partial charge is 0.338 e. The van der Waals surface area contributed by atoms with E-state index in [2.05, 4.69) is 4.98 Å². The van der Waals surface area contributed by atoms with Crippen molar-refractivity contribution in [3.05, 3.63) is 199 Å². The van der Waals surface area contributed by atoms with E-state index in [1.165, 1.54) is 4.57 Å². The maximum absolute atomic E-state index is 13.7. The summed E-state index contributed by atoms with van der Waals surface area (Å²) in [4.78, 5) is 42.6. The van der Waals surface area contributed by atoms with Gasteiger partial charge in [-0.15, -0.1) is 0 Å². The van der Waals surface area contributed by atoms with E-state index in [1.54, 1.807) is 44.7 Å². The molecule has 11 nitrogen and oxygen atoms in total. The molecule has 0 saturated carbocycles. The Kier molecular flexibility index (Phi) is 12.6. The average Bonchev–Trinajstić information content (AvgIpc) is 3.66. The summed E-state index contributed by atoms with van der Waals surface area (Å²) in [7, 11) is 3.22. The summed E-state index contributed by atoms with van der Waals surface area (Å²) in [6.45, 7) is -0.0856. The second-order valence-electron chi connectivity index (χ2n) is 14.1. The van der Waals surface area contributed by atoms with Crippen LogP contribution < -0.4 is 20.7 Å². The van der Waals surface area contributed by atoms with Crippen LogP contribution in [0, 0.1) is 0 Å². The minimum atomic E-state index is -1.20. The van der Waals surface area contributed by atoms with Crippen LogP contribution in [0.15, 0.2) is 149 Å². The van der Waals surface area contributed by atoms with Crippen molar-refractivity contribution in [1.29, 1.82) is 0 Å². The van der Waals surface area contributed by atoms with Gasteiger partial charge in [-0.2, -0.15) is 0 Å². The van der Waals surface area contributed by atoms with Gasteiger partial charge in [-0.05, 0) is 83.5 Å². The predicted octanol–water partition coefficient (Wildman–Crippen LogP) is 6.40. The number of H-pyrrole nitrogens is 1. The summed E-state index contributed by atoms with van der Waals surface area (Å²) < 4.78 is 32.3. The highest BCUT2D eigenvalue weighted by molar-refractivity contribution is 5.89. The number of hydrogen-bond acceptors (Lipinski definition) is 9. The maximum atomic E-state index is 13.7. The maximum Gasteiger partial charge on any atom is 0.338 e. The van der Waals surface area contributed by atoms with Crippen LogP contribution in [0.1, 0.15) is 56.4 Å². The number of aryl methyl sites for hydroxylation is 2. The first kappa shape index (κ1) is 39.9. The molecule has 2 heterocycles. The van der Waals surface area contributed by atoms with E-state index in [0.29, 0.717) is 41.9 Å². The number of aliphatic hydroxyl groups excluding tert-OH is 1. The molecule has 1 fully saturated rings. The summed E-state index contributed by atoms with van der Waals surface area (Å²) in [5, 5.41) is 9.37. The lowest BCUT2D eigenvalue weighted by Crippen LogP contribution is -2.39. The molecule has 0 unspecified atom stereocenters. The number of nitrogens with zero attached hydrogens (tertiary/aromatic N) is 1. The van der Waals surface area contributed by atoms with Gasteiger partial charge in [0.15, 0.2) is 0 Å². The Balaban J connectivity index is 1.25. The lowest BCUT2D eigenvalue weighted by Gasteiger charge is -2.37. The number of rotatable bonds is 16. The molecule has 6 aromatic rings. The topological polar surface area (TPSA) is 138 Å². The van der Waals surface area contributed by atoms with Crippen LogP contribution in [-0.2, 0) is 39.1 Å². The van der Waals surface area contributed by atoms with E-state index >= 15 is 0 Å². The molecule has 0 bridgehead atoms. The summed E-state index contributed by atoms with van der Waals surface area (Å²) >= 11 is 0. The zero-order valence-corrected chi connectivity index (χ0v) is 32.4. The number of hydrogen-bond donors (Lipinski definition) is 2. The third-order valence-corrected chi connectivity index (χ3v) is 10.5. The van der Waals surface area contributed by atoms with Crippen molar-refractivity contribution < 1.29 is 33.6 Å². The second kappa shape index (κ2) is 18.3.